The number of aliphatic imine (C=N–C) groups is 1. The number of nitro groups is 1. The van der Waals surface area contributed by atoms with E-state index in [2.05, 4.69) is 15.6 Å². The minimum Gasteiger partial charge on any atom is -0.484 e. The standard InChI is InChI=1S/C19H21F3N4O3/c1-13-7-8-15(17(9-13)29-12-19(20,21)22)11-25-18(23-2)24-10-14-5-3-4-6-16(14)26(27)28/h3-9H,10-12H2,1-2H3,(H2,23,24,25). The molecule has 7 nitrogen and oxygen atoms in total. The van der Waals surface area contributed by atoms with Crippen LogP contribution in [0.15, 0.2) is 47.5 Å². The normalized spacial score (nSPS) is 11.8. The summed E-state index contributed by atoms with van der Waals surface area (Å²) in [5.74, 6) is 0.467. The van der Waals surface area contributed by atoms with E-state index in [0.29, 0.717) is 17.1 Å². The molecule has 10 heteroatoms. The molecule has 0 unspecified atom stereocenters. The Morgan fingerprint density at radius 3 is 2.41 bits per heavy atom. The first kappa shape index (κ1) is 22.0. The maximum absolute atomic E-state index is 12.5. The molecule has 0 bridgehead atoms. The lowest BCUT2D eigenvalue weighted by atomic mass is 10.1. The van der Waals surface area contributed by atoms with Crippen molar-refractivity contribution in [2.45, 2.75) is 26.2 Å². The summed E-state index contributed by atoms with van der Waals surface area (Å²) in [6, 6.07) is 11.3. The average molecular weight is 410 g/mol. The van der Waals surface area contributed by atoms with Crippen molar-refractivity contribution in [3.05, 3.63) is 69.3 Å². The summed E-state index contributed by atoms with van der Waals surface area (Å²) in [5.41, 5.74) is 1.75. The Labute approximate surface area is 165 Å². The highest BCUT2D eigenvalue weighted by Crippen LogP contribution is 2.24. The largest absolute Gasteiger partial charge is 0.484 e. The van der Waals surface area contributed by atoms with Gasteiger partial charge in [0.15, 0.2) is 12.6 Å². The summed E-state index contributed by atoms with van der Waals surface area (Å²) >= 11 is 0. The summed E-state index contributed by atoms with van der Waals surface area (Å²) in [4.78, 5) is 14.6. The summed E-state index contributed by atoms with van der Waals surface area (Å²) in [7, 11) is 1.52. The monoisotopic (exact) mass is 410 g/mol. The molecular formula is C19H21F3N4O3. The Morgan fingerprint density at radius 1 is 1.14 bits per heavy atom. The van der Waals surface area contributed by atoms with Gasteiger partial charge in [0, 0.05) is 37.3 Å². The molecule has 29 heavy (non-hydrogen) atoms. The molecule has 0 aliphatic heterocycles. The number of aryl methyl sites for hydroxylation is 1. The van der Waals surface area contributed by atoms with Crippen molar-refractivity contribution in [3.63, 3.8) is 0 Å². The zero-order chi connectivity index (χ0) is 21.4. The maximum Gasteiger partial charge on any atom is 0.422 e. The number of halogens is 3. The molecule has 2 aromatic rings. The molecule has 0 aliphatic rings. The predicted octanol–water partition coefficient (Wildman–Crippen LogP) is 3.71. The van der Waals surface area contributed by atoms with Crippen LogP contribution in [0.1, 0.15) is 16.7 Å². The lowest BCUT2D eigenvalue weighted by Gasteiger charge is -2.16. The molecule has 0 aromatic heterocycles. The van der Waals surface area contributed by atoms with Crippen LogP contribution in [0.2, 0.25) is 0 Å². The van der Waals surface area contributed by atoms with E-state index >= 15 is 0 Å². The number of hydrogen-bond donors (Lipinski definition) is 2. The topological polar surface area (TPSA) is 88.8 Å². The van der Waals surface area contributed by atoms with Crippen LogP contribution in [0.3, 0.4) is 0 Å². The first-order valence-corrected chi connectivity index (χ1v) is 8.65. The molecular weight excluding hydrogens is 389 g/mol. The second kappa shape index (κ2) is 9.76. The van der Waals surface area contributed by atoms with Crippen LogP contribution in [0, 0.1) is 17.0 Å². The minimum absolute atomic E-state index is 0.0168. The molecule has 2 rings (SSSR count). The number of nitrogens with zero attached hydrogens (tertiary/aromatic N) is 2. The number of hydrogen-bond acceptors (Lipinski definition) is 4. The Morgan fingerprint density at radius 2 is 1.79 bits per heavy atom. The first-order chi connectivity index (χ1) is 13.7. The van der Waals surface area contributed by atoms with Gasteiger partial charge in [0.05, 0.1) is 4.92 Å². The second-order valence-electron chi connectivity index (χ2n) is 6.18. The molecule has 0 heterocycles. The van der Waals surface area contributed by atoms with E-state index in [9.17, 15) is 23.3 Å². The summed E-state index contributed by atoms with van der Waals surface area (Å²) in [6.07, 6.45) is -4.43. The van der Waals surface area contributed by atoms with E-state index < -0.39 is 17.7 Å². The fraction of sp³-hybridized carbons (Fsp3) is 0.316. The van der Waals surface area contributed by atoms with Gasteiger partial charge in [-0.15, -0.1) is 0 Å². The highest BCUT2D eigenvalue weighted by atomic mass is 19.4. The van der Waals surface area contributed by atoms with Crippen molar-refractivity contribution in [2.75, 3.05) is 13.7 Å². The summed E-state index contributed by atoms with van der Waals surface area (Å²) < 4.78 is 42.3. The maximum atomic E-state index is 12.5. The van der Waals surface area contributed by atoms with Crippen molar-refractivity contribution in [1.82, 2.24) is 10.6 Å². The molecule has 0 amide bonds. The Balaban J connectivity index is 2.02. The third-order valence-corrected chi connectivity index (χ3v) is 3.92. The molecule has 0 radical (unpaired) electrons. The van der Waals surface area contributed by atoms with Gasteiger partial charge in [0.2, 0.25) is 0 Å². The van der Waals surface area contributed by atoms with E-state index in [-0.39, 0.29) is 24.5 Å². The zero-order valence-electron chi connectivity index (χ0n) is 15.9. The van der Waals surface area contributed by atoms with Crippen LogP contribution in [0.25, 0.3) is 0 Å². The van der Waals surface area contributed by atoms with E-state index in [1.807, 2.05) is 0 Å². The number of nitrogens with one attached hydrogen (secondary N) is 2. The fourth-order valence-electron chi connectivity index (χ4n) is 2.52. The lowest BCUT2D eigenvalue weighted by molar-refractivity contribution is -0.385. The average Bonchev–Trinajstić information content (AvgIpc) is 2.67. The predicted molar refractivity (Wildman–Crippen MR) is 103 cm³/mol. The first-order valence-electron chi connectivity index (χ1n) is 8.65. The lowest BCUT2D eigenvalue weighted by Crippen LogP contribution is -2.36. The van der Waals surface area contributed by atoms with Crippen molar-refractivity contribution >= 4 is 11.6 Å². The van der Waals surface area contributed by atoms with E-state index in [0.717, 1.165) is 5.56 Å². The third kappa shape index (κ3) is 6.98. The van der Waals surface area contributed by atoms with Gasteiger partial charge >= 0.3 is 6.18 Å². The third-order valence-electron chi connectivity index (χ3n) is 3.92. The molecule has 156 valence electrons. The van der Waals surface area contributed by atoms with Crippen LogP contribution in [-0.2, 0) is 13.1 Å². The molecule has 2 aromatic carbocycles. The van der Waals surface area contributed by atoms with Gasteiger partial charge in [-0.2, -0.15) is 13.2 Å². The van der Waals surface area contributed by atoms with Gasteiger partial charge in [-0.25, -0.2) is 0 Å². The number of nitro benzene ring substituents is 1. The Hall–Kier alpha value is -3.30. The van der Waals surface area contributed by atoms with E-state index in [4.69, 9.17) is 4.74 Å². The van der Waals surface area contributed by atoms with Crippen LogP contribution >= 0.6 is 0 Å². The quantitative estimate of drug-likeness (QED) is 0.314. The summed E-state index contributed by atoms with van der Waals surface area (Å²) in [5, 5.41) is 17.0. The van der Waals surface area contributed by atoms with Gasteiger partial charge in [-0.05, 0) is 18.6 Å². The fourth-order valence-corrected chi connectivity index (χ4v) is 2.52. The number of rotatable bonds is 7. The minimum atomic E-state index is -4.43. The molecule has 0 spiro atoms. The number of para-hydroxylation sites is 1. The van der Waals surface area contributed by atoms with Gasteiger partial charge in [0.1, 0.15) is 5.75 Å². The van der Waals surface area contributed by atoms with E-state index in [1.54, 1.807) is 37.3 Å². The van der Waals surface area contributed by atoms with Crippen molar-refractivity contribution in [1.29, 1.82) is 0 Å². The van der Waals surface area contributed by atoms with Gasteiger partial charge in [-0.3, -0.25) is 15.1 Å². The molecule has 0 atom stereocenters. The van der Waals surface area contributed by atoms with Gasteiger partial charge in [-0.1, -0.05) is 30.3 Å². The van der Waals surface area contributed by atoms with Crippen LogP contribution < -0.4 is 15.4 Å². The molecule has 0 aliphatic carbocycles. The Bertz CT molecular complexity index is 885. The number of benzene rings is 2. The van der Waals surface area contributed by atoms with Crippen molar-refractivity contribution in [2.24, 2.45) is 4.99 Å². The Kier molecular flexibility index (Phi) is 7.40. The van der Waals surface area contributed by atoms with Gasteiger partial charge in [0.25, 0.3) is 5.69 Å². The molecule has 0 saturated heterocycles. The molecule has 0 fully saturated rings. The summed E-state index contributed by atoms with van der Waals surface area (Å²) in [6.45, 7) is 0.686. The van der Waals surface area contributed by atoms with E-state index in [1.165, 1.54) is 19.2 Å². The highest BCUT2D eigenvalue weighted by Gasteiger charge is 2.28. The van der Waals surface area contributed by atoms with Crippen molar-refractivity contribution < 1.29 is 22.8 Å². The highest BCUT2D eigenvalue weighted by molar-refractivity contribution is 5.79. The van der Waals surface area contributed by atoms with Crippen LogP contribution in [0.5, 0.6) is 5.75 Å². The molecule has 0 saturated carbocycles. The zero-order valence-corrected chi connectivity index (χ0v) is 15.9. The number of ether oxygens (including phenoxy) is 1. The van der Waals surface area contributed by atoms with Crippen LogP contribution in [-0.4, -0.2) is 30.7 Å². The smallest absolute Gasteiger partial charge is 0.422 e. The SMILES string of the molecule is CN=C(NCc1ccc(C)cc1OCC(F)(F)F)NCc1ccccc1[N+](=O)[O-]. The second-order valence-corrected chi connectivity index (χ2v) is 6.18. The van der Waals surface area contributed by atoms with Gasteiger partial charge < -0.3 is 15.4 Å². The molecule has 2 N–H and O–H groups in total. The van der Waals surface area contributed by atoms with Crippen LogP contribution in [0.4, 0.5) is 18.9 Å². The number of guanidine groups is 1. The van der Waals surface area contributed by atoms with Crippen molar-refractivity contribution in [3.8, 4) is 5.75 Å². The number of alkyl halides is 3.